The normalized spacial score (nSPS) is 23.1. The first kappa shape index (κ1) is 12.6. The molecule has 2 aliphatic heterocycles. The van der Waals surface area contributed by atoms with Gasteiger partial charge in [0.05, 0.1) is 6.20 Å². The maximum atomic E-state index is 5.85. The van der Waals surface area contributed by atoms with Gasteiger partial charge in [0.15, 0.2) is 0 Å². The van der Waals surface area contributed by atoms with Crippen molar-refractivity contribution in [1.82, 2.24) is 10.3 Å². The minimum Gasteiger partial charge on any atom is -0.456 e. The fourth-order valence-electron chi connectivity index (χ4n) is 3.23. The van der Waals surface area contributed by atoms with Crippen LogP contribution < -0.4 is 10.1 Å². The molecule has 2 bridgehead atoms. The molecule has 1 fully saturated rings. The van der Waals surface area contributed by atoms with Gasteiger partial charge in [-0.15, -0.1) is 0 Å². The van der Waals surface area contributed by atoms with E-state index in [2.05, 4.69) is 22.4 Å². The molecule has 0 amide bonds. The maximum absolute atomic E-state index is 5.85. The molecule has 1 saturated heterocycles. The lowest BCUT2D eigenvalue weighted by Crippen LogP contribution is -2.22. The van der Waals surface area contributed by atoms with Crippen molar-refractivity contribution in [1.29, 1.82) is 0 Å². The third-order valence-electron chi connectivity index (χ3n) is 4.20. The Hall–Kier alpha value is -2.13. The van der Waals surface area contributed by atoms with E-state index in [9.17, 15) is 0 Å². The number of pyridine rings is 1. The minimum atomic E-state index is 0.577. The van der Waals surface area contributed by atoms with Crippen LogP contribution in [0.1, 0.15) is 18.4 Å². The molecule has 0 aliphatic carbocycles. The topological polar surface area (TPSA) is 34.1 Å². The Labute approximate surface area is 124 Å². The lowest BCUT2D eigenvalue weighted by Gasteiger charge is -2.13. The third kappa shape index (κ3) is 2.69. The SMILES string of the molecule is C1=C(Cc2cncc(Oc3ccccc3)c2)C2CCC1N2. The summed E-state index contributed by atoms with van der Waals surface area (Å²) in [5.41, 5.74) is 2.72. The van der Waals surface area contributed by atoms with Gasteiger partial charge in [-0.25, -0.2) is 0 Å². The highest BCUT2D eigenvalue weighted by atomic mass is 16.5. The summed E-state index contributed by atoms with van der Waals surface area (Å²) in [6.45, 7) is 0. The van der Waals surface area contributed by atoms with Gasteiger partial charge in [0.25, 0.3) is 0 Å². The van der Waals surface area contributed by atoms with E-state index in [4.69, 9.17) is 4.74 Å². The monoisotopic (exact) mass is 278 g/mol. The Morgan fingerprint density at radius 1 is 1.10 bits per heavy atom. The second-order valence-corrected chi connectivity index (χ2v) is 5.77. The van der Waals surface area contributed by atoms with Gasteiger partial charge in [-0.1, -0.05) is 29.8 Å². The summed E-state index contributed by atoms with van der Waals surface area (Å²) in [7, 11) is 0. The number of fused-ring (bicyclic) bond motifs is 2. The molecule has 0 saturated carbocycles. The van der Waals surface area contributed by atoms with Crippen LogP contribution in [0.25, 0.3) is 0 Å². The number of para-hydroxylation sites is 1. The van der Waals surface area contributed by atoms with E-state index in [0.717, 1.165) is 17.9 Å². The molecule has 2 aliphatic rings. The predicted molar refractivity (Wildman–Crippen MR) is 82.5 cm³/mol. The molecule has 2 unspecified atom stereocenters. The molecule has 0 radical (unpaired) electrons. The summed E-state index contributed by atoms with van der Waals surface area (Å²) < 4.78 is 5.85. The first-order valence-corrected chi connectivity index (χ1v) is 7.50. The summed E-state index contributed by atoms with van der Waals surface area (Å²) in [4.78, 5) is 4.31. The zero-order chi connectivity index (χ0) is 14.1. The third-order valence-corrected chi connectivity index (χ3v) is 4.20. The molecule has 3 heterocycles. The van der Waals surface area contributed by atoms with Gasteiger partial charge in [-0.05, 0) is 43.0 Å². The lowest BCUT2D eigenvalue weighted by atomic mass is 9.94. The molecule has 1 aromatic heterocycles. The standard InChI is InChI=1S/C18H18N2O/c1-2-4-16(5-3-1)21-17-9-13(11-19-12-17)8-14-10-15-6-7-18(14)20-15/h1-5,9-12,15,18,20H,6-8H2. The fourth-order valence-corrected chi connectivity index (χ4v) is 3.23. The van der Waals surface area contributed by atoms with Crippen molar-refractivity contribution < 1.29 is 4.74 Å². The number of aromatic nitrogens is 1. The van der Waals surface area contributed by atoms with Crippen LogP contribution in [0.5, 0.6) is 11.5 Å². The van der Waals surface area contributed by atoms with Crippen molar-refractivity contribution in [3.63, 3.8) is 0 Å². The lowest BCUT2D eigenvalue weighted by molar-refractivity contribution is 0.479. The van der Waals surface area contributed by atoms with Crippen molar-refractivity contribution >= 4 is 0 Å². The van der Waals surface area contributed by atoms with Crippen LogP contribution >= 0.6 is 0 Å². The molecule has 4 rings (SSSR count). The Kier molecular flexibility index (Phi) is 3.20. The molecule has 1 aromatic carbocycles. The van der Waals surface area contributed by atoms with Gasteiger partial charge in [-0.2, -0.15) is 0 Å². The van der Waals surface area contributed by atoms with Crippen molar-refractivity contribution in [2.75, 3.05) is 0 Å². The Morgan fingerprint density at radius 2 is 2.00 bits per heavy atom. The summed E-state index contributed by atoms with van der Waals surface area (Å²) in [6, 6.07) is 13.1. The van der Waals surface area contributed by atoms with E-state index in [1.54, 1.807) is 6.20 Å². The number of ether oxygens (including phenoxy) is 1. The van der Waals surface area contributed by atoms with Crippen LogP contribution in [0.2, 0.25) is 0 Å². The summed E-state index contributed by atoms with van der Waals surface area (Å²) in [5, 5.41) is 3.61. The number of hydrogen-bond acceptors (Lipinski definition) is 3. The number of hydrogen-bond donors (Lipinski definition) is 1. The van der Waals surface area contributed by atoms with Crippen LogP contribution in [0.4, 0.5) is 0 Å². The highest BCUT2D eigenvalue weighted by molar-refractivity contribution is 5.35. The average molecular weight is 278 g/mol. The second-order valence-electron chi connectivity index (χ2n) is 5.77. The van der Waals surface area contributed by atoms with Gasteiger partial charge in [0.2, 0.25) is 0 Å². The van der Waals surface area contributed by atoms with Gasteiger partial charge >= 0.3 is 0 Å². The average Bonchev–Trinajstić information content (AvgIpc) is 3.11. The van der Waals surface area contributed by atoms with Crippen LogP contribution in [0.15, 0.2) is 60.4 Å². The van der Waals surface area contributed by atoms with Crippen LogP contribution in [0, 0.1) is 0 Å². The highest BCUT2D eigenvalue weighted by Gasteiger charge is 2.31. The van der Waals surface area contributed by atoms with Crippen molar-refractivity contribution in [3.8, 4) is 11.5 Å². The van der Waals surface area contributed by atoms with E-state index >= 15 is 0 Å². The Morgan fingerprint density at radius 3 is 2.76 bits per heavy atom. The molecule has 106 valence electrons. The van der Waals surface area contributed by atoms with E-state index in [0.29, 0.717) is 12.1 Å². The Bertz CT molecular complexity index is 666. The largest absolute Gasteiger partial charge is 0.456 e. The summed E-state index contributed by atoms with van der Waals surface area (Å²) in [5.74, 6) is 1.65. The smallest absolute Gasteiger partial charge is 0.145 e. The van der Waals surface area contributed by atoms with Gasteiger partial charge in [0, 0.05) is 18.3 Å². The molecule has 3 heteroatoms. The van der Waals surface area contributed by atoms with Crippen LogP contribution in [-0.2, 0) is 6.42 Å². The highest BCUT2D eigenvalue weighted by Crippen LogP contribution is 2.30. The number of rotatable bonds is 4. The van der Waals surface area contributed by atoms with Crippen molar-refractivity contribution in [3.05, 3.63) is 66.0 Å². The summed E-state index contributed by atoms with van der Waals surface area (Å²) in [6.07, 6.45) is 9.61. The minimum absolute atomic E-state index is 0.577. The number of benzene rings is 1. The molecular formula is C18H18N2O. The zero-order valence-electron chi connectivity index (χ0n) is 11.8. The van der Waals surface area contributed by atoms with E-state index in [1.165, 1.54) is 24.0 Å². The molecule has 0 spiro atoms. The van der Waals surface area contributed by atoms with Crippen LogP contribution in [0.3, 0.4) is 0 Å². The van der Waals surface area contributed by atoms with Crippen molar-refractivity contribution in [2.45, 2.75) is 31.3 Å². The molecule has 1 N–H and O–H groups in total. The van der Waals surface area contributed by atoms with Crippen LogP contribution in [-0.4, -0.2) is 17.1 Å². The van der Waals surface area contributed by atoms with E-state index in [1.807, 2.05) is 36.5 Å². The molecule has 2 aromatic rings. The fraction of sp³-hybridized carbons (Fsp3) is 0.278. The maximum Gasteiger partial charge on any atom is 0.145 e. The molecule has 3 nitrogen and oxygen atoms in total. The molecule has 2 atom stereocenters. The number of nitrogens with zero attached hydrogens (tertiary/aromatic N) is 1. The molecular weight excluding hydrogens is 260 g/mol. The second kappa shape index (κ2) is 5.34. The Balaban J connectivity index is 1.49. The van der Waals surface area contributed by atoms with E-state index in [-0.39, 0.29) is 0 Å². The van der Waals surface area contributed by atoms with Gasteiger partial charge in [0.1, 0.15) is 11.5 Å². The number of nitrogens with one attached hydrogen (secondary N) is 1. The first-order chi connectivity index (χ1) is 10.4. The van der Waals surface area contributed by atoms with E-state index < -0.39 is 0 Å². The summed E-state index contributed by atoms with van der Waals surface area (Å²) >= 11 is 0. The quantitative estimate of drug-likeness (QED) is 0.869. The van der Waals surface area contributed by atoms with Gasteiger partial charge < -0.3 is 10.1 Å². The van der Waals surface area contributed by atoms with Crippen molar-refractivity contribution in [2.24, 2.45) is 0 Å². The van der Waals surface area contributed by atoms with Gasteiger partial charge in [-0.3, -0.25) is 4.98 Å². The first-order valence-electron chi connectivity index (χ1n) is 7.50. The zero-order valence-corrected chi connectivity index (χ0v) is 11.8. The predicted octanol–water partition coefficient (Wildman–Crippen LogP) is 3.48. The molecule has 21 heavy (non-hydrogen) atoms.